The van der Waals surface area contributed by atoms with Crippen LogP contribution in [0.5, 0.6) is 0 Å². The van der Waals surface area contributed by atoms with E-state index in [0.717, 1.165) is 18.4 Å². The third-order valence-electron chi connectivity index (χ3n) is 8.37. The van der Waals surface area contributed by atoms with Crippen LogP contribution >= 0.6 is 63.7 Å². The number of rotatable bonds is 11. The summed E-state index contributed by atoms with van der Waals surface area (Å²) in [6.07, 6.45) is 6.07. The molecule has 0 aliphatic heterocycles. The zero-order chi connectivity index (χ0) is 41.0. The van der Waals surface area contributed by atoms with Crippen LogP contribution in [0.15, 0.2) is 161 Å². The summed E-state index contributed by atoms with van der Waals surface area (Å²) in [5, 5.41) is 24.1. The van der Waals surface area contributed by atoms with Gasteiger partial charge in [0.05, 0.1) is 0 Å². The van der Waals surface area contributed by atoms with Crippen molar-refractivity contribution in [2.24, 2.45) is 5.73 Å². The van der Waals surface area contributed by atoms with Gasteiger partial charge in [0.1, 0.15) is 0 Å². The molecule has 0 radical (unpaired) electrons. The van der Waals surface area contributed by atoms with E-state index < -0.39 is 0 Å². The molecule has 0 fully saturated rings. The number of hydrogen-bond donors (Lipinski definition) is 3. The van der Waals surface area contributed by atoms with Gasteiger partial charge in [-0.05, 0) is 84.7 Å². The summed E-state index contributed by atoms with van der Waals surface area (Å²) in [5.41, 5.74) is 9.81. The second-order valence-corrected chi connectivity index (χ2v) is 14.4. The summed E-state index contributed by atoms with van der Waals surface area (Å²) in [4.78, 5) is 16.8. The first-order valence-electron chi connectivity index (χ1n) is 18.0. The van der Waals surface area contributed by atoms with Gasteiger partial charge in [-0.15, -0.1) is 0 Å². The van der Waals surface area contributed by atoms with Crippen LogP contribution in [0.1, 0.15) is 57.0 Å². The molecule has 0 aliphatic carbocycles. The summed E-state index contributed by atoms with van der Waals surface area (Å²) >= 11 is 12.8. The Kier molecular flexibility index (Phi) is 36.2. The van der Waals surface area contributed by atoms with Crippen molar-refractivity contribution in [1.29, 1.82) is 0 Å². The van der Waals surface area contributed by atoms with Crippen molar-refractivity contribution in [3.63, 3.8) is 0 Å². The Morgan fingerprint density at radius 3 is 1.19 bits per heavy atom. The molecule has 6 aromatic carbocycles. The summed E-state index contributed by atoms with van der Waals surface area (Å²) in [6.45, 7) is 7.97. The van der Waals surface area contributed by atoms with Gasteiger partial charge in [-0.1, -0.05) is 209 Å². The van der Waals surface area contributed by atoms with Gasteiger partial charge in [-0.25, -0.2) is 0 Å². The molecular formula is C46H51Br4K2N3O3. The topological polar surface area (TPSA) is 99.4 Å². The molecule has 12 heteroatoms. The SMILES string of the molecule is BrC=CCBr.C[C@@H](N)c1cccc2ccccc12.C[C@@H](NC/C=C/Br)c1cccc2ccccc12.C[C@@H](NC/C=C\Br)c1cccc2ccccc12.O=CO[O-].[H-].[K+].[K+]. The van der Waals surface area contributed by atoms with Crippen molar-refractivity contribution in [2.75, 3.05) is 18.4 Å². The van der Waals surface area contributed by atoms with E-state index in [1.807, 2.05) is 40.1 Å². The first-order valence-corrected chi connectivity index (χ1v) is 21.8. The summed E-state index contributed by atoms with van der Waals surface area (Å²) in [7, 11) is 0. The van der Waals surface area contributed by atoms with Crippen LogP contribution < -0.4 is 124 Å². The molecule has 4 N–H and O–H groups in total. The van der Waals surface area contributed by atoms with Crippen LogP contribution in [0.25, 0.3) is 32.3 Å². The fourth-order valence-corrected chi connectivity index (χ4v) is 6.99. The number of hydrogen-bond acceptors (Lipinski definition) is 6. The smallest absolute Gasteiger partial charge is 1.00 e. The Balaban J connectivity index is 0. The van der Waals surface area contributed by atoms with E-state index in [2.05, 4.69) is 221 Å². The van der Waals surface area contributed by atoms with Crippen LogP contribution in [0, 0.1) is 0 Å². The largest absolute Gasteiger partial charge is 1.00 e. The van der Waals surface area contributed by atoms with Gasteiger partial charge in [-0.3, -0.25) is 4.79 Å². The Bertz CT molecular complexity index is 2000. The average Bonchev–Trinajstić information content (AvgIpc) is 3.24. The van der Waals surface area contributed by atoms with Crippen LogP contribution in [0.3, 0.4) is 0 Å². The predicted molar refractivity (Wildman–Crippen MR) is 254 cm³/mol. The molecule has 0 heterocycles. The van der Waals surface area contributed by atoms with Gasteiger partial charge in [0.2, 0.25) is 0 Å². The fourth-order valence-electron chi connectivity index (χ4n) is 5.74. The van der Waals surface area contributed by atoms with Crippen molar-refractivity contribution in [1.82, 2.24) is 10.6 Å². The van der Waals surface area contributed by atoms with E-state index in [1.54, 1.807) is 0 Å². The second-order valence-electron chi connectivity index (χ2n) is 12.2. The fraction of sp³-hybridized carbons (Fsp3) is 0.196. The van der Waals surface area contributed by atoms with Crippen LogP contribution in [-0.4, -0.2) is 24.9 Å². The van der Waals surface area contributed by atoms with Gasteiger partial charge >= 0.3 is 103 Å². The number of allylic oxidation sites excluding steroid dienone is 1. The van der Waals surface area contributed by atoms with E-state index in [9.17, 15) is 0 Å². The quantitative estimate of drug-likeness (QED) is 0.0451. The van der Waals surface area contributed by atoms with E-state index >= 15 is 0 Å². The minimum absolute atomic E-state index is 0. The molecule has 0 unspecified atom stereocenters. The molecule has 0 aliphatic rings. The average molecular weight is 1090 g/mol. The number of carbonyl (C=O) groups excluding carboxylic acids is 1. The van der Waals surface area contributed by atoms with Gasteiger partial charge < -0.3 is 27.9 Å². The summed E-state index contributed by atoms with van der Waals surface area (Å²) in [6, 6.07) is 45.4. The maximum absolute atomic E-state index is 8.64. The normalized spacial score (nSPS) is 11.9. The third kappa shape index (κ3) is 21.8. The molecule has 298 valence electrons. The van der Waals surface area contributed by atoms with Crippen molar-refractivity contribution < 1.29 is 119 Å². The first kappa shape index (κ1) is 57.8. The van der Waals surface area contributed by atoms with E-state index in [4.69, 9.17) is 15.8 Å². The number of benzene rings is 6. The van der Waals surface area contributed by atoms with Gasteiger partial charge in [-0.2, -0.15) is 0 Å². The van der Waals surface area contributed by atoms with E-state index in [0.29, 0.717) is 12.1 Å². The minimum atomic E-state index is -0.181. The first-order chi connectivity index (χ1) is 27.3. The van der Waals surface area contributed by atoms with Crippen molar-refractivity contribution in [3.05, 3.63) is 177 Å². The maximum atomic E-state index is 8.64. The van der Waals surface area contributed by atoms with E-state index in [-0.39, 0.29) is 117 Å². The number of halogens is 4. The standard InChI is InChI=1S/2C15H16BrN.C12H13N.C3H4Br2.CH2O3.2K.H/c2*1-12(17-11-5-10-16)14-9-4-7-13-6-2-3-8-15(13)14;1-9(13)11-8-4-6-10-5-2-3-7-12(10)11;4-2-1-3-5;2-1-4-3;;;/h2*2-10,12,17H,11H2,1H3;2-9H,13H2,1H3;1-2H,3H2;1,3H;;;/q;;;;;2*+1;-1/p-1/b10-5+;10-5-;;;;;;/t2*12-;9-;;;;;/m111...../s1. The van der Waals surface area contributed by atoms with Crippen molar-refractivity contribution in [3.8, 4) is 0 Å². The van der Waals surface area contributed by atoms with Gasteiger partial charge in [0.25, 0.3) is 6.47 Å². The molecule has 0 saturated carbocycles. The molecule has 0 spiro atoms. The Labute approximate surface area is 465 Å². The number of alkyl halides is 1. The van der Waals surface area contributed by atoms with Crippen molar-refractivity contribution >= 4 is 103 Å². The molecule has 58 heavy (non-hydrogen) atoms. The summed E-state index contributed by atoms with van der Waals surface area (Å²) < 4.78 is 0. The summed E-state index contributed by atoms with van der Waals surface area (Å²) in [5.74, 6) is 0. The molecular weight excluding hydrogens is 1040 g/mol. The van der Waals surface area contributed by atoms with E-state index in [1.165, 1.54) is 49.0 Å². The van der Waals surface area contributed by atoms with Crippen LogP contribution in [-0.2, 0) is 9.68 Å². The van der Waals surface area contributed by atoms with Crippen LogP contribution in [0.4, 0.5) is 0 Å². The maximum Gasteiger partial charge on any atom is 1.00 e. The molecule has 0 saturated heterocycles. The molecule has 0 aromatic heterocycles. The number of nitrogens with two attached hydrogens (primary N) is 1. The monoisotopic (exact) mass is 1090 g/mol. The second kappa shape index (κ2) is 36.3. The molecule has 6 aromatic rings. The minimum Gasteiger partial charge on any atom is -1.00 e. The number of carbonyl (C=O) groups is 1. The molecule has 6 nitrogen and oxygen atoms in total. The number of nitrogens with one attached hydrogen (secondary N) is 2. The molecule has 0 bridgehead atoms. The van der Waals surface area contributed by atoms with Gasteiger partial charge in [0.15, 0.2) is 0 Å². The predicted octanol–water partition coefficient (Wildman–Crippen LogP) is 6.50. The zero-order valence-electron chi connectivity index (χ0n) is 34.8. The zero-order valence-corrected chi connectivity index (χ0v) is 46.4. The molecule has 0 amide bonds. The Hall–Kier alpha value is -0.177. The number of fused-ring (bicyclic) bond motifs is 3. The Morgan fingerprint density at radius 1 is 0.586 bits per heavy atom. The van der Waals surface area contributed by atoms with Gasteiger partial charge in [0, 0.05) is 36.5 Å². The third-order valence-corrected chi connectivity index (χ3v) is 9.87. The van der Waals surface area contributed by atoms with Crippen LogP contribution in [0.2, 0.25) is 0 Å². The Morgan fingerprint density at radius 2 is 0.897 bits per heavy atom. The van der Waals surface area contributed by atoms with Crippen molar-refractivity contribution in [2.45, 2.75) is 38.9 Å². The molecule has 3 atom stereocenters. The molecule has 6 rings (SSSR count).